The predicted octanol–water partition coefficient (Wildman–Crippen LogP) is 2.49. The Balaban J connectivity index is 2.11. The van der Waals surface area contributed by atoms with Gasteiger partial charge < -0.3 is 10.2 Å². The van der Waals surface area contributed by atoms with Crippen LogP contribution in [0.1, 0.15) is 38.3 Å². The summed E-state index contributed by atoms with van der Waals surface area (Å²) < 4.78 is 12.9. The summed E-state index contributed by atoms with van der Waals surface area (Å²) in [5.41, 5.74) is 0.979. The molecule has 0 radical (unpaired) electrons. The number of piperidine rings is 1. The van der Waals surface area contributed by atoms with Gasteiger partial charge in [0.2, 0.25) is 5.91 Å². The monoisotopic (exact) mass is 264 g/mol. The van der Waals surface area contributed by atoms with Crippen molar-refractivity contribution < 1.29 is 9.18 Å². The van der Waals surface area contributed by atoms with Gasteiger partial charge in [-0.25, -0.2) is 4.39 Å². The van der Waals surface area contributed by atoms with Crippen LogP contribution in [0.25, 0.3) is 0 Å². The van der Waals surface area contributed by atoms with Gasteiger partial charge in [-0.05, 0) is 44.0 Å². The minimum atomic E-state index is -0.244. The maximum Gasteiger partial charge on any atom is 0.240 e. The Morgan fingerprint density at radius 1 is 1.42 bits per heavy atom. The number of hydrogen-bond donors (Lipinski definition) is 1. The van der Waals surface area contributed by atoms with Crippen LogP contribution in [-0.4, -0.2) is 29.9 Å². The molecule has 0 aromatic heterocycles. The molecule has 1 saturated heterocycles. The number of likely N-dealkylation sites (N-methyl/N-ethyl adjacent to an activating group) is 1. The highest BCUT2D eigenvalue weighted by atomic mass is 19.1. The van der Waals surface area contributed by atoms with Crippen LogP contribution >= 0.6 is 0 Å². The zero-order valence-electron chi connectivity index (χ0n) is 11.5. The molecule has 1 N–H and O–H groups in total. The van der Waals surface area contributed by atoms with Crippen LogP contribution in [0.4, 0.5) is 4.39 Å². The van der Waals surface area contributed by atoms with Crippen LogP contribution in [0.5, 0.6) is 0 Å². The second kappa shape index (κ2) is 6.15. The van der Waals surface area contributed by atoms with Crippen molar-refractivity contribution in [2.24, 2.45) is 0 Å². The van der Waals surface area contributed by atoms with E-state index in [4.69, 9.17) is 0 Å². The molecule has 3 nitrogen and oxygen atoms in total. The van der Waals surface area contributed by atoms with E-state index in [-0.39, 0.29) is 23.8 Å². The summed E-state index contributed by atoms with van der Waals surface area (Å²) in [6, 6.07) is 6.33. The van der Waals surface area contributed by atoms with Crippen LogP contribution < -0.4 is 5.32 Å². The number of carbonyl (C=O) groups excluding carboxylic acids is 1. The van der Waals surface area contributed by atoms with Gasteiger partial charge in [-0.2, -0.15) is 0 Å². The highest BCUT2D eigenvalue weighted by molar-refractivity contribution is 5.83. The lowest BCUT2D eigenvalue weighted by molar-refractivity contribution is -0.138. The van der Waals surface area contributed by atoms with Crippen molar-refractivity contribution in [2.45, 2.75) is 38.8 Å². The molecule has 2 atom stereocenters. The summed E-state index contributed by atoms with van der Waals surface area (Å²) in [4.78, 5) is 14.3. The van der Waals surface area contributed by atoms with E-state index in [9.17, 15) is 9.18 Å². The van der Waals surface area contributed by atoms with E-state index in [1.807, 2.05) is 18.7 Å². The molecule has 2 rings (SSSR count). The Kier molecular flexibility index (Phi) is 4.53. The number of nitrogens with zero attached hydrogens (tertiary/aromatic N) is 1. The summed E-state index contributed by atoms with van der Waals surface area (Å²) in [5, 5.41) is 3.23. The third kappa shape index (κ3) is 3.13. The average molecular weight is 264 g/mol. The number of likely N-dealkylation sites (tertiary alicyclic amines) is 1. The third-order valence-electron chi connectivity index (χ3n) is 3.74. The van der Waals surface area contributed by atoms with Crippen molar-refractivity contribution >= 4 is 5.91 Å². The van der Waals surface area contributed by atoms with Crippen LogP contribution in [0.2, 0.25) is 0 Å². The summed E-state index contributed by atoms with van der Waals surface area (Å²) in [5.74, 6) is -0.0867. The second-order valence-electron chi connectivity index (χ2n) is 5.01. The SMILES string of the molecule is CCNC1CCCN(C(C)c2ccc(F)cc2)C1=O. The highest BCUT2D eigenvalue weighted by Crippen LogP contribution is 2.25. The van der Waals surface area contributed by atoms with Gasteiger partial charge in [-0.1, -0.05) is 19.1 Å². The van der Waals surface area contributed by atoms with Crippen molar-refractivity contribution in [3.05, 3.63) is 35.6 Å². The zero-order chi connectivity index (χ0) is 13.8. The molecule has 2 unspecified atom stereocenters. The molecule has 1 fully saturated rings. The quantitative estimate of drug-likeness (QED) is 0.906. The van der Waals surface area contributed by atoms with E-state index >= 15 is 0 Å². The molecule has 19 heavy (non-hydrogen) atoms. The molecule has 0 bridgehead atoms. The third-order valence-corrected chi connectivity index (χ3v) is 3.74. The van der Waals surface area contributed by atoms with E-state index in [1.165, 1.54) is 12.1 Å². The zero-order valence-corrected chi connectivity index (χ0v) is 11.5. The predicted molar refractivity (Wildman–Crippen MR) is 73.2 cm³/mol. The van der Waals surface area contributed by atoms with Crippen LogP contribution in [0.3, 0.4) is 0 Å². The van der Waals surface area contributed by atoms with Crippen molar-refractivity contribution in [3.8, 4) is 0 Å². The number of rotatable bonds is 4. The number of carbonyl (C=O) groups is 1. The first kappa shape index (κ1) is 14.0. The summed E-state index contributed by atoms with van der Waals surface area (Å²) >= 11 is 0. The number of halogens is 1. The molecule has 104 valence electrons. The van der Waals surface area contributed by atoms with Gasteiger partial charge >= 0.3 is 0 Å². The molecule has 1 aliphatic heterocycles. The minimum Gasteiger partial charge on any atom is -0.335 e. The van der Waals surface area contributed by atoms with Gasteiger partial charge in [-0.15, -0.1) is 0 Å². The molecule has 1 aromatic carbocycles. The summed E-state index contributed by atoms with van der Waals surface area (Å²) in [6.45, 7) is 5.59. The molecule has 1 heterocycles. The maximum atomic E-state index is 12.9. The largest absolute Gasteiger partial charge is 0.335 e. The van der Waals surface area contributed by atoms with Crippen molar-refractivity contribution in [3.63, 3.8) is 0 Å². The van der Waals surface area contributed by atoms with Gasteiger partial charge in [0.1, 0.15) is 5.82 Å². The average Bonchev–Trinajstić information content (AvgIpc) is 2.41. The van der Waals surface area contributed by atoms with Crippen molar-refractivity contribution in [2.75, 3.05) is 13.1 Å². The Hall–Kier alpha value is -1.42. The number of nitrogens with one attached hydrogen (secondary N) is 1. The van der Waals surface area contributed by atoms with Crippen LogP contribution in [0.15, 0.2) is 24.3 Å². The standard InChI is InChI=1S/C15H21FN2O/c1-3-17-14-5-4-10-18(15(14)19)11(2)12-6-8-13(16)9-7-12/h6-9,11,14,17H,3-5,10H2,1-2H3. The molecule has 4 heteroatoms. The minimum absolute atomic E-state index is 0.00504. The van der Waals surface area contributed by atoms with Crippen LogP contribution in [0, 0.1) is 5.82 Å². The number of hydrogen-bond acceptors (Lipinski definition) is 2. The number of amides is 1. The highest BCUT2D eigenvalue weighted by Gasteiger charge is 2.31. The lowest BCUT2D eigenvalue weighted by Gasteiger charge is -2.37. The van der Waals surface area contributed by atoms with Crippen molar-refractivity contribution in [1.82, 2.24) is 10.2 Å². The second-order valence-corrected chi connectivity index (χ2v) is 5.01. The lowest BCUT2D eigenvalue weighted by atomic mass is 9.99. The smallest absolute Gasteiger partial charge is 0.240 e. The van der Waals surface area contributed by atoms with E-state index in [2.05, 4.69) is 5.32 Å². The topological polar surface area (TPSA) is 32.3 Å². The van der Waals surface area contributed by atoms with E-state index < -0.39 is 0 Å². The fraction of sp³-hybridized carbons (Fsp3) is 0.533. The maximum absolute atomic E-state index is 12.9. The normalized spacial score (nSPS) is 21.5. The van der Waals surface area contributed by atoms with Gasteiger partial charge in [0, 0.05) is 6.54 Å². The fourth-order valence-corrected chi connectivity index (χ4v) is 2.64. The molecular weight excluding hydrogens is 243 g/mol. The molecule has 1 aliphatic rings. The summed E-state index contributed by atoms with van der Waals surface area (Å²) in [7, 11) is 0. The Labute approximate surface area is 113 Å². The molecule has 0 saturated carbocycles. The molecule has 0 spiro atoms. The first-order chi connectivity index (χ1) is 9.13. The molecule has 1 aromatic rings. The Morgan fingerprint density at radius 2 is 2.11 bits per heavy atom. The first-order valence-corrected chi connectivity index (χ1v) is 6.92. The van der Waals surface area contributed by atoms with Gasteiger partial charge in [0.05, 0.1) is 12.1 Å². The Morgan fingerprint density at radius 3 is 2.74 bits per heavy atom. The first-order valence-electron chi connectivity index (χ1n) is 6.92. The molecule has 1 amide bonds. The van der Waals surface area contributed by atoms with Gasteiger partial charge in [-0.3, -0.25) is 4.79 Å². The van der Waals surface area contributed by atoms with Gasteiger partial charge in [0.15, 0.2) is 0 Å². The van der Waals surface area contributed by atoms with Crippen LogP contribution in [-0.2, 0) is 4.79 Å². The van der Waals surface area contributed by atoms with Gasteiger partial charge in [0.25, 0.3) is 0 Å². The lowest BCUT2D eigenvalue weighted by Crippen LogP contribution is -2.51. The van der Waals surface area contributed by atoms with Crippen molar-refractivity contribution in [1.29, 1.82) is 0 Å². The molecular formula is C15H21FN2O. The molecule has 0 aliphatic carbocycles. The summed E-state index contributed by atoms with van der Waals surface area (Å²) in [6.07, 6.45) is 1.91. The fourth-order valence-electron chi connectivity index (χ4n) is 2.64. The number of benzene rings is 1. The Bertz CT molecular complexity index is 430. The van der Waals surface area contributed by atoms with E-state index in [0.29, 0.717) is 0 Å². The van der Waals surface area contributed by atoms with E-state index in [0.717, 1.165) is 31.5 Å². The van der Waals surface area contributed by atoms with E-state index in [1.54, 1.807) is 12.1 Å².